The SMILES string of the molecule is OC(CNc1c(F)cc(F)cc1F)c1ccc(F)c(F)c1. The minimum Gasteiger partial charge on any atom is -0.387 e. The highest BCUT2D eigenvalue weighted by atomic mass is 19.2. The van der Waals surface area contributed by atoms with Crippen LogP contribution in [0.4, 0.5) is 27.6 Å². The monoisotopic (exact) mass is 303 g/mol. The zero-order valence-corrected chi connectivity index (χ0v) is 10.5. The van der Waals surface area contributed by atoms with Gasteiger partial charge >= 0.3 is 0 Å². The van der Waals surface area contributed by atoms with Crippen molar-refractivity contribution in [2.24, 2.45) is 0 Å². The highest BCUT2D eigenvalue weighted by Crippen LogP contribution is 2.22. The molecule has 2 N–H and O–H groups in total. The number of hydrogen-bond acceptors (Lipinski definition) is 2. The molecule has 0 saturated carbocycles. The highest BCUT2D eigenvalue weighted by Gasteiger charge is 2.15. The van der Waals surface area contributed by atoms with Crippen LogP contribution in [-0.4, -0.2) is 11.7 Å². The number of benzene rings is 2. The van der Waals surface area contributed by atoms with Crippen molar-refractivity contribution >= 4 is 5.69 Å². The first kappa shape index (κ1) is 15.2. The molecule has 0 saturated heterocycles. The van der Waals surface area contributed by atoms with Gasteiger partial charge in [-0.3, -0.25) is 0 Å². The summed E-state index contributed by atoms with van der Waals surface area (Å²) >= 11 is 0. The lowest BCUT2D eigenvalue weighted by molar-refractivity contribution is 0.190. The molecule has 2 rings (SSSR count). The van der Waals surface area contributed by atoms with Crippen LogP contribution in [0, 0.1) is 29.1 Å². The molecule has 0 heterocycles. The van der Waals surface area contributed by atoms with Gasteiger partial charge in [0.05, 0.1) is 6.10 Å². The number of aliphatic hydroxyl groups excluding tert-OH is 1. The first-order valence-electron chi connectivity index (χ1n) is 5.90. The predicted molar refractivity (Wildman–Crippen MR) is 66.1 cm³/mol. The summed E-state index contributed by atoms with van der Waals surface area (Å²) in [6, 6.07) is 3.71. The maximum absolute atomic E-state index is 13.3. The maximum Gasteiger partial charge on any atom is 0.159 e. The summed E-state index contributed by atoms with van der Waals surface area (Å²) in [6.45, 7) is -0.370. The molecule has 0 aliphatic rings. The van der Waals surface area contributed by atoms with Crippen LogP contribution in [0.15, 0.2) is 30.3 Å². The summed E-state index contributed by atoms with van der Waals surface area (Å²) in [5, 5.41) is 12.0. The van der Waals surface area contributed by atoms with Crippen LogP contribution in [0.2, 0.25) is 0 Å². The van der Waals surface area contributed by atoms with Crippen LogP contribution in [0.25, 0.3) is 0 Å². The van der Waals surface area contributed by atoms with E-state index >= 15 is 0 Å². The molecule has 2 aromatic rings. The summed E-state index contributed by atoms with van der Waals surface area (Å²) in [7, 11) is 0. The lowest BCUT2D eigenvalue weighted by atomic mass is 10.1. The molecule has 1 unspecified atom stereocenters. The van der Waals surface area contributed by atoms with Crippen molar-refractivity contribution in [3.05, 3.63) is 65.0 Å². The van der Waals surface area contributed by atoms with Crippen molar-refractivity contribution in [1.29, 1.82) is 0 Å². The minimum absolute atomic E-state index is 0.0318. The quantitative estimate of drug-likeness (QED) is 0.847. The zero-order valence-electron chi connectivity index (χ0n) is 10.5. The van der Waals surface area contributed by atoms with E-state index in [2.05, 4.69) is 5.32 Å². The lowest BCUT2D eigenvalue weighted by Crippen LogP contribution is -2.14. The van der Waals surface area contributed by atoms with Crippen molar-refractivity contribution in [2.45, 2.75) is 6.10 Å². The van der Waals surface area contributed by atoms with E-state index in [9.17, 15) is 27.1 Å². The molecule has 0 bridgehead atoms. The van der Waals surface area contributed by atoms with Gasteiger partial charge in [0.1, 0.15) is 11.5 Å². The van der Waals surface area contributed by atoms with Crippen molar-refractivity contribution < 1.29 is 27.1 Å². The molecule has 0 radical (unpaired) electrons. The molecule has 0 spiro atoms. The summed E-state index contributed by atoms with van der Waals surface area (Å²) in [4.78, 5) is 0. The second kappa shape index (κ2) is 6.09. The van der Waals surface area contributed by atoms with Crippen molar-refractivity contribution in [1.82, 2.24) is 0 Å². The van der Waals surface area contributed by atoms with Crippen molar-refractivity contribution in [3.8, 4) is 0 Å². The van der Waals surface area contributed by atoms with Crippen LogP contribution >= 0.6 is 0 Å². The first-order valence-corrected chi connectivity index (χ1v) is 5.90. The standard InChI is InChI=1S/C14H10F5NO/c15-8-4-11(18)14(12(19)5-8)20-6-13(21)7-1-2-9(16)10(17)3-7/h1-5,13,20-21H,6H2. The van der Waals surface area contributed by atoms with Crippen LogP contribution in [0.5, 0.6) is 0 Å². The normalized spacial score (nSPS) is 12.3. The Balaban J connectivity index is 2.11. The van der Waals surface area contributed by atoms with Crippen LogP contribution in [0.1, 0.15) is 11.7 Å². The Bertz CT molecular complexity index is 639. The molecule has 21 heavy (non-hydrogen) atoms. The van der Waals surface area contributed by atoms with Gasteiger partial charge in [-0.2, -0.15) is 0 Å². The molecule has 1 atom stereocenters. The zero-order chi connectivity index (χ0) is 15.6. The van der Waals surface area contributed by atoms with E-state index in [-0.39, 0.29) is 12.1 Å². The minimum atomic E-state index is -1.33. The molecular weight excluding hydrogens is 293 g/mol. The predicted octanol–water partition coefficient (Wildman–Crippen LogP) is 3.53. The Morgan fingerprint density at radius 3 is 2.05 bits per heavy atom. The Kier molecular flexibility index (Phi) is 4.42. The fraction of sp³-hybridized carbons (Fsp3) is 0.143. The molecule has 0 aromatic heterocycles. The van der Waals surface area contributed by atoms with Gasteiger partial charge < -0.3 is 10.4 Å². The Labute approximate surface area is 116 Å². The van der Waals surface area contributed by atoms with E-state index in [1.807, 2.05) is 0 Å². The first-order chi connectivity index (χ1) is 9.88. The fourth-order valence-electron chi connectivity index (χ4n) is 1.75. The van der Waals surface area contributed by atoms with Gasteiger partial charge in [0.15, 0.2) is 23.3 Å². The second-order valence-corrected chi connectivity index (χ2v) is 4.31. The van der Waals surface area contributed by atoms with E-state index in [0.29, 0.717) is 12.1 Å². The summed E-state index contributed by atoms with van der Waals surface area (Å²) in [5.41, 5.74) is -0.581. The molecule has 2 nitrogen and oxygen atoms in total. The molecule has 112 valence electrons. The van der Waals surface area contributed by atoms with Crippen molar-refractivity contribution in [2.75, 3.05) is 11.9 Å². The summed E-state index contributed by atoms with van der Waals surface area (Å²) in [6.07, 6.45) is -1.33. The molecule has 0 fully saturated rings. The van der Waals surface area contributed by atoms with Gasteiger partial charge in [-0.1, -0.05) is 6.07 Å². The van der Waals surface area contributed by atoms with E-state index in [0.717, 1.165) is 18.2 Å². The third-order valence-electron chi connectivity index (χ3n) is 2.81. The highest BCUT2D eigenvalue weighted by molar-refractivity contribution is 5.46. The largest absolute Gasteiger partial charge is 0.387 e. The average Bonchev–Trinajstić information content (AvgIpc) is 2.40. The van der Waals surface area contributed by atoms with E-state index in [4.69, 9.17) is 0 Å². The molecular formula is C14H10F5NO. The van der Waals surface area contributed by atoms with Crippen molar-refractivity contribution in [3.63, 3.8) is 0 Å². The molecule has 7 heteroatoms. The summed E-state index contributed by atoms with van der Waals surface area (Å²) < 4.78 is 65.2. The van der Waals surface area contributed by atoms with E-state index in [1.165, 1.54) is 0 Å². The number of nitrogens with one attached hydrogen (secondary N) is 1. The van der Waals surface area contributed by atoms with Gasteiger partial charge in [0.25, 0.3) is 0 Å². The van der Waals surface area contributed by atoms with E-state index in [1.54, 1.807) is 0 Å². The smallest absolute Gasteiger partial charge is 0.159 e. The third kappa shape index (κ3) is 3.49. The van der Waals surface area contributed by atoms with Gasteiger partial charge in [0, 0.05) is 18.7 Å². The summed E-state index contributed by atoms with van der Waals surface area (Å²) in [5.74, 6) is -5.62. The van der Waals surface area contributed by atoms with Gasteiger partial charge in [-0.05, 0) is 17.7 Å². The second-order valence-electron chi connectivity index (χ2n) is 4.31. The maximum atomic E-state index is 13.3. The van der Waals surface area contributed by atoms with E-state index < -0.39 is 40.9 Å². The van der Waals surface area contributed by atoms with Crippen LogP contribution in [0.3, 0.4) is 0 Å². The lowest BCUT2D eigenvalue weighted by Gasteiger charge is -2.14. The Morgan fingerprint density at radius 2 is 1.48 bits per heavy atom. The number of rotatable bonds is 4. The topological polar surface area (TPSA) is 32.3 Å². The number of halogens is 5. The molecule has 2 aromatic carbocycles. The van der Waals surface area contributed by atoms with Gasteiger partial charge in [-0.25, -0.2) is 22.0 Å². The van der Waals surface area contributed by atoms with Gasteiger partial charge in [0.2, 0.25) is 0 Å². The molecule has 0 amide bonds. The van der Waals surface area contributed by atoms with Crippen LogP contribution in [-0.2, 0) is 0 Å². The third-order valence-corrected chi connectivity index (χ3v) is 2.81. The molecule has 0 aliphatic carbocycles. The number of aliphatic hydroxyl groups is 1. The number of hydrogen-bond donors (Lipinski definition) is 2. The number of anilines is 1. The van der Waals surface area contributed by atoms with Gasteiger partial charge in [-0.15, -0.1) is 0 Å². The Hall–Kier alpha value is -2.15. The van der Waals surface area contributed by atoms with Crippen LogP contribution < -0.4 is 5.32 Å². The fourth-order valence-corrected chi connectivity index (χ4v) is 1.75. The Morgan fingerprint density at radius 1 is 0.857 bits per heavy atom. The average molecular weight is 303 g/mol. The molecule has 0 aliphatic heterocycles.